The molecule has 2 N–H and O–H groups in total. The van der Waals surface area contributed by atoms with E-state index >= 15 is 0 Å². The molecular formula is C18H21Cl2N5O. The third-order valence-electron chi connectivity index (χ3n) is 4.76. The van der Waals surface area contributed by atoms with Crippen LogP contribution in [0.3, 0.4) is 0 Å². The number of nitrogens with one attached hydrogen (secondary N) is 2. The number of nitrogens with zero attached hydrogens (tertiary/aromatic N) is 3. The van der Waals surface area contributed by atoms with Crippen molar-refractivity contribution in [3.8, 4) is 11.5 Å². The molecule has 8 heteroatoms. The Kier molecular flexibility index (Phi) is 5.01. The summed E-state index contributed by atoms with van der Waals surface area (Å²) in [6, 6.07) is 4.14. The molecule has 1 aliphatic rings. The van der Waals surface area contributed by atoms with Gasteiger partial charge in [0.2, 0.25) is 0 Å². The van der Waals surface area contributed by atoms with Crippen molar-refractivity contribution in [2.24, 2.45) is 0 Å². The number of halogens is 2. The van der Waals surface area contributed by atoms with Gasteiger partial charge in [0, 0.05) is 42.0 Å². The van der Waals surface area contributed by atoms with E-state index in [0.29, 0.717) is 0 Å². The van der Waals surface area contributed by atoms with E-state index in [9.17, 15) is 4.79 Å². The molecule has 0 fully saturated rings. The highest BCUT2D eigenvalue weighted by molar-refractivity contribution is 6.32. The van der Waals surface area contributed by atoms with Gasteiger partial charge >= 0.3 is 5.69 Å². The van der Waals surface area contributed by atoms with Crippen LogP contribution in [0.2, 0.25) is 5.02 Å². The number of imidazole rings is 1. The minimum atomic E-state index is -0.177. The van der Waals surface area contributed by atoms with Crippen molar-refractivity contribution < 1.29 is 0 Å². The largest absolute Gasteiger partial charge is 0.331 e. The fraction of sp³-hybridized carbons (Fsp3) is 0.333. The highest BCUT2D eigenvalue weighted by atomic mass is 35.5. The Bertz CT molecular complexity index is 994. The molecule has 0 saturated carbocycles. The van der Waals surface area contributed by atoms with Crippen molar-refractivity contribution in [1.29, 1.82) is 0 Å². The van der Waals surface area contributed by atoms with Crippen LogP contribution in [0.4, 0.5) is 0 Å². The van der Waals surface area contributed by atoms with E-state index in [1.807, 2.05) is 30.7 Å². The first kappa shape index (κ1) is 18.8. The van der Waals surface area contributed by atoms with Crippen LogP contribution in [0.5, 0.6) is 0 Å². The second kappa shape index (κ2) is 6.95. The van der Waals surface area contributed by atoms with E-state index in [1.165, 1.54) is 0 Å². The van der Waals surface area contributed by atoms with Gasteiger partial charge in [-0.25, -0.2) is 9.48 Å². The van der Waals surface area contributed by atoms with E-state index in [4.69, 9.17) is 16.7 Å². The summed E-state index contributed by atoms with van der Waals surface area (Å²) in [6.45, 7) is 6.94. The molecule has 1 atom stereocenters. The van der Waals surface area contributed by atoms with Crippen LogP contribution in [0.1, 0.15) is 35.3 Å². The lowest BCUT2D eigenvalue weighted by Gasteiger charge is -2.21. The van der Waals surface area contributed by atoms with E-state index in [1.54, 1.807) is 17.0 Å². The first-order chi connectivity index (χ1) is 12.0. The normalized spacial score (nSPS) is 16.2. The molecule has 0 spiro atoms. The minimum Gasteiger partial charge on any atom is -0.312 e. The van der Waals surface area contributed by atoms with Gasteiger partial charge < -0.3 is 10.3 Å². The molecule has 2 aromatic heterocycles. The summed E-state index contributed by atoms with van der Waals surface area (Å²) in [5.41, 5.74) is 4.80. The van der Waals surface area contributed by atoms with E-state index in [2.05, 4.69) is 17.2 Å². The van der Waals surface area contributed by atoms with Crippen molar-refractivity contribution in [3.63, 3.8) is 0 Å². The predicted octanol–water partition coefficient (Wildman–Crippen LogP) is 3.25. The zero-order valence-corrected chi connectivity index (χ0v) is 16.4. The van der Waals surface area contributed by atoms with Crippen LogP contribution < -0.4 is 11.0 Å². The molecule has 138 valence electrons. The lowest BCUT2D eigenvalue weighted by molar-refractivity contribution is 0.536. The molecule has 0 saturated heterocycles. The zero-order valence-electron chi connectivity index (χ0n) is 14.8. The number of aromatic amines is 1. The van der Waals surface area contributed by atoms with Crippen molar-refractivity contribution in [2.45, 2.75) is 33.2 Å². The third kappa shape index (κ3) is 2.88. The van der Waals surface area contributed by atoms with Crippen LogP contribution in [0.25, 0.3) is 11.5 Å². The second-order valence-corrected chi connectivity index (χ2v) is 6.93. The average Bonchev–Trinajstić information content (AvgIpc) is 3.16. The van der Waals surface area contributed by atoms with E-state index < -0.39 is 0 Å². The number of hydrogen-bond donors (Lipinski definition) is 2. The Labute approximate surface area is 162 Å². The van der Waals surface area contributed by atoms with Crippen LogP contribution in [-0.4, -0.2) is 25.9 Å². The van der Waals surface area contributed by atoms with E-state index in [-0.39, 0.29) is 24.1 Å². The number of benzene rings is 1. The van der Waals surface area contributed by atoms with E-state index in [0.717, 1.165) is 51.9 Å². The molecule has 1 aromatic carbocycles. The summed E-state index contributed by atoms with van der Waals surface area (Å²) < 4.78 is 3.48. The fourth-order valence-corrected chi connectivity index (χ4v) is 3.66. The zero-order chi connectivity index (χ0) is 17.7. The smallest absolute Gasteiger partial charge is 0.312 e. The Morgan fingerprint density at radius 3 is 2.58 bits per heavy atom. The molecule has 26 heavy (non-hydrogen) atoms. The summed E-state index contributed by atoms with van der Waals surface area (Å²) >= 11 is 6.33. The predicted molar refractivity (Wildman–Crippen MR) is 105 cm³/mol. The summed E-state index contributed by atoms with van der Waals surface area (Å²) in [7, 11) is 0. The molecule has 0 radical (unpaired) electrons. The highest BCUT2D eigenvalue weighted by Gasteiger charge is 2.28. The molecule has 0 amide bonds. The molecule has 1 aliphatic heterocycles. The lowest BCUT2D eigenvalue weighted by Crippen LogP contribution is -2.29. The Morgan fingerprint density at radius 1 is 1.27 bits per heavy atom. The maximum Gasteiger partial charge on any atom is 0.331 e. The van der Waals surface area contributed by atoms with Crippen LogP contribution >= 0.6 is 24.0 Å². The summed E-state index contributed by atoms with van der Waals surface area (Å²) in [6.07, 6.45) is 4.23. The molecule has 3 heterocycles. The number of aromatic nitrogens is 4. The molecule has 3 aromatic rings. The number of fused-ring (bicyclic) bond motifs is 1. The summed E-state index contributed by atoms with van der Waals surface area (Å²) in [5, 5.41) is 9.06. The maximum atomic E-state index is 12.3. The number of rotatable bonds is 2. The van der Waals surface area contributed by atoms with Crippen molar-refractivity contribution in [1.82, 2.24) is 24.6 Å². The van der Waals surface area contributed by atoms with Gasteiger partial charge in [-0.3, -0.25) is 4.57 Å². The van der Waals surface area contributed by atoms with Gasteiger partial charge in [0.05, 0.1) is 11.4 Å². The second-order valence-electron chi connectivity index (χ2n) is 6.55. The number of H-pyrrole nitrogens is 1. The van der Waals surface area contributed by atoms with Crippen LogP contribution in [-0.2, 0) is 6.42 Å². The van der Waals surface area contributed by atoms with Crippen molar-refractivity contribution in [2.75, 3.05) is 6.54 Å². The first-order valence-corrected chi connectivity index (χ1v) is 8.74. The van der Waals surface area contributed by atoms with Gasteiger partial charge in [0.15, 0.2) is 0 Å². The fourth-order valence-electron chi connectivity index (χ4n) is 3.55. The topological polar surface area (TPSA) is 67.6 Å². The lowest BCUT2D eigenvalue weighted by atomic mass is 10.0. The molecule has 0 aliphatic carbocycles. The van der Waals surface area contributed by atoms with Gasteiger partial charge in [0.25, 0.3) is 0 Å². The molecule has 4 rings (SSSR count). The molecular weight excluding hydrogens is 373 g/mol. The van der Waals surface area contributed by atoms with Crippen LogP contribution in [0.15, 0.2) is 29.3 Å². The minimum absolute atomic E-state index is 0. The maximum absolute atomic E-state index is 12.3. The monoisotopic (exact) mass is 393 g/mol. The van der Waals surface area contributed by atoms with Crippen molar-refractivity contribution >= 4 is 24.0 Å². The quantitative estimate of drug-likeness (QED) is 0.701. The molecule has 6 nitrogen and oxygen atoms in total. The van der Waals surface area contributed by atoms with Gasteiger partial charge in [-0.2, -0.15) is 5.10 Å². The van der Waals surface area contributed by atoms with Gasteiger partial charge in [-0.05, 0) is 44.0 Å². The van der Waals surface area contributed by atoms with Gasteiger partial charge in [-0.15, -0.1) is 12.4 Å². The average molecular weight is 394 g/mol. The Morgan fingerprint density at radius 2 is 1.96 bits per heavy atom. The summed E-state index contributed by atoms with van der Waals surface area (Å²) in [4.78, 5) is 15.0. The van der Waals surface area contributed by atoms with Gasteiger partial charge in [-0.1, -0.05) is 11.6 Å². The number of hydrogen-bond acceptors (Lipinski definition) is 3. The standard InChI is InChI=1S/C18H20ClN5O.ClH/c1-10-8-13(9-11(2)16(10)19)24-17(23-7-6-21-18(23)25)15-12(3)20-5-4-14(15)22-24;/h6-9,12,20H,4-5H2,1-3H3,(H,21,25);1H/t12-;/m0./s1. The Hall–Kier alpha value is -2.02. The third-order valence-corrected chi connectivity index (χ3v) is 5.36. The number of aryl methyl sites for hydroxylation is 2. The Balaban J connectivity index is 0.00000196. The molecule has 0 bridgehead atoms. The van der Waals surface area contributed by atoms with Crippen molar-refractivity contribution in [3.05, 3.63) is 62.4 Å². The SMILES string of the molecule is Cc1cc(-n2nc3c(c2-n2cc[nH]c2=O)[C@H](C)NCC3)cc(C)c1Cl.Cl. The summed E-state index contributed by atoms with van der Waals surface area (Å²) in [5.74, 6) is 0.780. The molecule has 0 unspecified atom stereocenters. The first-order valence-electron chi connectivity index (χ1n) is 8.36. The van der Waals surface area contributed by atoms with Crippen LogP contribution in [0, 0.1) is 13.8 Å². The van der Waals surface area contributed by atoms with Gasteiger partial charge in [0.1, 0.15) is 5.82 Å². The highest BCUT2D eigenvalue weighted by Crippen LogP contribution is 2.32.